The molecule has 1 aromatic rings. The van der Waals surface area contributed by atoms with Gasteiger partial charge in [0, 0.05) is 6.42 Å². The van der Waals surface area contributed by atoms with Crippen molar-refractivity contribution in [2.75, 3.05) is 0 Å². The number of ether oxygens (including phenoxy) is 1. The molecule has 150 valence electrons. The fraction of sp³-hybridized carbons (Fsp3) is 0.650. The van der Waals surface area contributed by atoms with Crippen LogP contribution in [0.1, 0.15) is 84.0 Å². The van der Waals surface area contributed by atoms with Gasteiger partial charge >= 0.3 is 35.5 Å². The van der Waals surface area contributed by atoms with Crippen LogP contribution in [0, 0.1) is 0 Å². The molecule has 5 nitrogen and oxygen atoms in total. The van der Waals surface area contributed by atoms with Crippen molar-refractivity contribution >= 4 is 45.6 Å². The first-order valence-electron chi connectivity index (χ1n) is 9.71. The third kappa shape index (κ3) is 13.4. The van der Waals surface area contributed by atoms with E-state index in [9.17, 15) is 13.2 Å². The number of carbonyl (C=O) groups excluding carboxylic acids is 1. The number of rotatable bonds is 14. The zero-order valence-corrected chi connectivity index (χ0v) is 16.6. The quantitative estimate of drug-likeness (QED) is 0.156. The summed E-state index contributed by atoms with van der Waals surface area (Å²) in [6.45, 7) is 2.23. The molecule has 1 N–H and O–H groups in total. The topological polar surface area (TPSA) is 80.7 Å². The van der Waals surface area contributed by atoms with Gasteiger partial charge in [0.1, 0.15) is 5.75 Å². The molecule has 0 atom stereocenters. The molecule has 0 radical (unpaired) electrons. The Morgan fingerprint density at radius 2 is 1.30 bits per heavy atom. The van der Waals surface area contributed by atoms with Crippen LogP contribution < -0.4 is 4.74 Å². The van der Waals surface area contributed by atoms with Crippen LogP contribution in [0.2, 0.25) is 0 Å². The fourth-order valence-corrected chi connectivity index (χ4v) is 3.28. The summed E-state index contributed by atoms with van der Waals surface area (Å²) in [6, 6.07) is 5.14. The Kier molecular flexibility index (Phi) is 15.3. The molecule has 0 aromatic heterocycles. The molecule has 0 aliphatic rings. The molecule has 0 aliphatic heterocycles. The number of unbranched alkanes of at least 4 members (excludes halogenated alkanes) is 10. The summed E-state index contributed by atoms with van der Waals surface area (Å²) in [5, 5.41) is 0. The van der Waals surface area contributed by atoms with Gasteiger partial charge in [-0.15, -0.1) is 0 Å². The summed E-state index contributed by atoms with van der Waals surface area (Å²) in [6.07, 6.45) is 13.8. The van der Waals surface area contributed by atoms with Gasteiger partial charge in [0.2, 0.25) is 0 Å². The van der Waals surface area contributed by atoms with E-state index in [1.807, 2.05) is 0 Å². The van der Waals surface area contributed by atoms with Crippen molar-refractivity contribution in [3.8, 4) is 5.75 Å². The van der Waals surface area contributed by atoms with Gasteiger partial charge in [-0.05, 0) is 30.7 Å². The Labute approximate surface area is 186 Å². The SMILES string of the molecule is CCCCCCCCCCCCCC(=O)Oc1ccc(S(=O)(=O)O)cc1.[NaH]. The van der Waals surface area contributed by atoms with E-state index in [2.05, 4.69) is 6.92 Å². The number of hydrogen-bond acceptors (Lipinski definition) is 4. The van der Waals surface area contributed by atoms with E-state index < -0.39 is 10.1 Å². The molecule has 0 fully saturated rings. The molecule has 0 bridgehead atoms. The van der Waals surface area contributed by atoms with Crippen molar-refractivity contribution in [3.05, 3.63) is 24.3 Å². The van der Waals surface area contributed by atoms with Crippen molar-refractivity contribution < 1.29 is 22.5 Å². The van der Waals surface area contributed by atoms with E-state index in [1.165, 1.54) is 75.6 Å². The molecule has 7 heteroatoms. The first-order chi connectivity index (χ1) is 12.4. The van der Waals surface area contributed by atoms with Gasteiger partial charge in [0.05, 0.1) is 4.90 Å². The maximum atomic E-state index is 11.8. The molecule has 0 unspecified atom stereocenters. The number of esters is 1. The molecule has 1 rings (SSSR count). The Balaban J connectivity index is 0.00000676. The molecule has 27 heavy (non-hydrogen) atoms. The third-order valence-corrected chi connectivity index (χ3v) is 5.21. The van der Waals surface area contributed by atoms with Gasteiger partial charge in [0.15, 0.2) is 0 Å². The molecule has 0 saturated heterocycles. The third-order valence-electron chi connectivity index (χ3n) is 4.34. The summed E-state index contributed by atoms with van der Waals surface area (Å²) in [4.78, 5) is 11.5. The van der Waals surface area contributed by atoms with E-state index in [-0.39, 0.29) is 46.2 Å². The summed E-state index contributed by atoms with van der Waals surface area (Å²) < 4.78 is 35.9. The van der Waals surface area contributed by atoms with Crippen LogP contribution in [0.5, 0.6) is 5.75 Å². The van der Waals surface area contributed by atoms with Crippen molar-refractivity contribution in [1.29, 1.82) is 0 Å². The van der Waals surface area contributed by atoms with E-state index in [4.69, 9.17) is 9.29 Å². The Hall–Kier alpha value is -0.400. The second kappa shape index (κ2) is 15.5. The molecular weight excluding hydrogens is 375 g/mol. The molecule has 1 aromatic carbocycles. The Morgan fingerprint density at radius 1 is 0.852 bits per heavy atom. The average Bonchev–Trinajstić information content (AvgIpc) is 2.59. The Bertz CT molecular complexity index is 614. The van der Waals surface area contributed by atoms with Crippen molar-refractivity contribution in [2.45, 2.75) is 88.9 Å². The zero-order chi connectivity index (χ0) is 19.3. The second-order valence-electron chi connectivity index (χ2n) is 6.71. The summed E-state index contributed by atoms with van der Waals surface area (Å²) in [7, 11) is -4.22. The van der Waals surface area contributed by atoms with Crippen LogP contribution >= 0.6 is 0 Å². The fourth-order valence-electron chi connectivity index (χ4n) is 2.80. The van der Waals surface area contributed by atoms with Crippen LogP contribution in [0.3, 0.4) is 0 Å². The number of benzene rings is 1. The van der Waals surface area contributed by atoms with E-state index in [1.54, 1.807) is 0 Å². The van der Waals surface area contributed by atoms with E-state index in [0.29, 0.717) is 6.42 Å². The maximum absolute atomic E-state index is 11.8. The molecule has 0 spiro atoms. The van der Waals surface area contributed by atoms with Gasteiger partial charge in [-0.25, -0.2) is 0 Å². The normalized spacial score (nSPS) is 11.0. The minimum atomic E-state index is -4.22. The van der Waals surface area contributed by atoms with Crippen LogP contribution in [0.4, 0.5) is 0 Å². The molecule has 0 amide bonds. The monoisotopic (exact) mass is 408 g/mol. The molecule has 0 aliphatic carbocycles. The van der Waals surface area contributed by atoms with Crippen LogP contribution in [0.15, 0.2) is 29.2 Å². The van der Waals surface area contributed by atoms with Crippen molar-refractivity contribution in [3.63, 3.8) is 0 Å². The van der Waals surface area contributed by atoms with Crippen molar-refractivity contribution in [1.82, 2.24) is 0 Å². The van der Waals surface area contributed by atoms with Crippen molar-refractivity contribution in [2.24, 2.45) is 0 Å². The standard InChI is InChI=1S/C20H32O5S.Na.H/c1-2-3-4-5-6-7-8-9-10-11-12-13-20(21)25-18-14-16-19(17-15-18)26(22,23)24;;/h14-17H,2-13H2,1H3,(H,22,23,24);;. The molecule has 0 saturated carbocycles. The molecule has 0 heterocycles. The summed E-state index contributed by atoms with van der Waals surface area (Å²) in [5.74, 6) is -0.0361. The van der Waals surface area contributed by atoms with E-state index >= 15 is 0 Å². The number of hydrogen-bond donors (Lipinski definition) is 1. The van der Waals surface area contributed by atoms with E-state index in [0.717, 1.165) is 19.3 Å². The zero-order valence-electron chi connectivity index (χ0n) is 15.8. The predicted molar refractivity (Wildman–Crippen MR) is 110 cm³/mol. The van der Waals surface area contributed by atoms with Crippen LogP contribution in [0.25, 0.3) is 0 Å². The second-order valence-corrected chi connectivity index (χ2v) is 8.13. The molecular formula is C20H33NaO5S. The van der Waals surface area contributed by atoms with Gasteiger partial charge in [0.25, 0.3) is 10.1 Å². The first-order valence-corrected chi connectivity index (χ1v) is 11.2. The minimum absolute atomic E-state index is 0. The van der Waals surface area contributed by atoms with Crippen LogP contribution in [-0.2, 0) is 14.9 Å². The number of carbonyl (C=O) groups is 1. The van der Waals surface area contributed by atoms with Gasteiger partial charge in [-0.3, -0.25) is 9.35 Å². The van der Waals surface area contributed by atoms with Crippen LogP contribution in [-0.4, -0.2) is 48.5 Å². The van der Waals surface area contributed by atoms with Gasteiger partial charge in [-0.1, -0.05) is 71.1 Å². The average molecular weight is 409 g/mol. The van der Waals surface area contributed by atoms with Gasteiger partial charge in [-0.2, -0.15) is 8.42 Å². The predicted octanol–water partition coefficient (Wildman–Crippen LogP) is 4.89. The summed E-state index contributed by atoms with van der Waals surface area (Å²) in [5.41, 5.74) is 0. The Morgan fingerprint density at radius 3 is 1.74 bits per heavy atom. The first kappa shape index (κ1) is 26.6. The van der Waals surface area contributed by atoms with Gasteiger partial charge < -0.3 is 4.74 Å². The summed E-state index contributed by atoms with van der Waals surface area (Å²) >= 11 is 0.